The molecule has 1 aromatic rings. The van der Waals surface area contributed by atoms with Crippen molar-refractivity contribution >= 4 is 52.2 Å². The van der Waals surface area contributed by atoms with E-state index in [-0.39, 0.29) is 35.9 Å². The minimum atomic E-state index is -0.221. The molecule has 2 rings (SSSR count). The summed E-state index contributed by atoms with van der Waals surface area (Å²) in [6.45, 7) is 8.98. The molecule has 1 unspecified atom stereocenters. The summed E-state index contributed by atoms with van der Waals surface area (Å²) < 4.78 is 4.76. The minimum Gasteiger partial charge on any atom is -0.469 e. The second kappa shape index (κ2) is 10.8. The highest BCUT2D eigenvalue weighted by molar-refractivity contribution is 14.0. The van der Waals surface area contributed by atoms with Gasteiger partial charge in [-0.2, -0.15) is 0 Å². The van der Waals surface area contributed by atoms with Gasteiger partial charge in [0.1, 0.15) is 0 Å². The molecule has 1 saturated heterocycles. The molecule has 1 atom stereocenters. The van der Waals surface area contributed by atoms with Crippen molar-refractivity contribution in [3.63, 3.8) is 0 Å². The normalized spacial score (nSPS) is 16.4. The summed E-state index contributed by atoms with van der Waals surface area (Å²) in [4.78, 5) is 20.8. The average Bonchev–Trinajstić information content (AvgIpc) is 3.12. The molecule has 0 aromatic carbocycles. The summed E-state index contributed by atoms with van der Waals surface area (Å²) in [5.41, 5.74) is 0. The standard InChI is InChI=1S/C16H26N4O2S.HI/c1-4-17-16(18-12-13(2)15(21)22-3)20-9-7-19(8-10-20)14-6-5-11-23-14;/h5-6,11,13H,4,7-10,12H2,1-3H3,(H,17,18);1H. The summed E-state index contributed by atoms with van der Waals surface area (Å²) in [6, 6.07) is 4.25. The number of hydrogen-bond donors (Lipinski definition) is 1. The van der Waals surface area contributed by atoms with Crippen molar-refractivity contribution in [2.75, 3.05) is 51.3 Å². The molecule has 1 aliphatic rings. The van der Waals surface area contributed by atoms with Gasteiger partial charge in [0.25, 0.3) is 0 Å². The molecule has 0 bridgehead atoms. The fourth-order valence-corrected chi connectivity index (χ4v) is 3.30. The number of guanidine groups is 1. The Morgan fingerprint density at radius 3 is 2.67 bits per heavy atom. The number of ether oxygens (including phenoxy) is 1. The number of methoxy groups -OCH3 is 1. The van der Waals surface area contributed by atoms with Crippen molar-refractivity contribution in [1.29, 1.82) is 0 Å². The molecule has 1 aliphatic heterocycles. The number of piperazine rings is 1. The third-order valence-electron chi connectivity index (χ3n) is 3.85. The zero-order chi connectivity index (χ0) is 16.7. The van der Waals surface area contributed by atoms with Gasteiger partial charge < -0.3 is 19.9 Å². The molecule has 0 aliphatic carbocycles. The van der Waals surface area contributed by atoms with Gasteiger partial charge in [-0.1, -0.05) is 6.92 Å². The Kier molecular flexibility index (Phi) is 9.42. The lowest BCUT2D eigenvalue weighted by molar-refractivity contribution is -0.144. The third-order valence-corrected chi connectivity index (χ3v) is 4.78. The van der Waals surface area contributed by atoms with Crippen molar-refractivity contribution in [1.82, 2.24) is 10.2 Å². The fraction of sp³-hybridized carbons (Fsp3) is 0.625. The van der Waals surface area contributed by atoms with Crippen LogP contribution in [0.3, 0.4) is 0 Å². The molecular formula is C16H27IN4O2S. The van der Waals surface area contributed by atoms with Crippen LogP contribution in [0.1, 0.15) is 13.8 Å². The number of carbonyl (C=O) groups excluding carboxylic acids is 1. The molecular weight excluding hydrogens is 439 g/mol. The van der Waals surface area contributed by atoms with Crippen LogP contribution in [0.4, 0.5) is 5.00 Å². The molecule has 1 aromatic heterocycles. The highest BCUT2D eigenvalue weighted by Crippen LogP contribution is 2.22. The largest absolute Gasteiger partial charge is 0.469 e. The Balaban J connectivity index is 0.00000288. The van der Waals surface area contributed by atoms with Crippen molar-refractivity contribution in [3.8, 4) is 0 Å². The lowest BCUT2D eigenvalue weighted by Gasteiger charge is -2.37. The van der Waals surface area contributed by atoms with E-state index in [2.05, 4.69) is 44.5 Å². The van der Waals surface area contributed by atoms with Gasteiger partial charge in [-0.15, -0.1) is 35.3 Å². The van der Waals surface area contributed by atoms with Crippen LogP contribution >= 0.6 is 35.3 Å². The zero-order valence-electron chi connectivity index (χ0n) is 14.5. The second-order valence-corrected chi connectivity index (χ2v) is 6.47. The summed E-state index contributed by atoms with van der Waals surface area (Å²) in [7, 11) is 1.41. The molecule has 136 valence electrons. The van der Waals surface area contributed by atoms with E-state index in [0.29, 0.717) is 6.54 Å². The molecule has 0 amide bonds. The van der Waals surface area contributed by atoms with Gasteiger partial charge >= 0.3 is 5.97 Å². The number of rotatable bonds is 5. The van der Waals surface area contributed by atoms with Crippen molar-refractivity contribution in [3.05, 3.63) is 17.5 Å². The summed E-state index contributed by atoms with van der Waals surface area (Å²) in [5, 5.41) is 6.76. The lowest BCUT2D eigenvalue weighted by atomic mass is 10.2. The molecule has 2 heterocycles. The smallest absolute Gasteiger partial charge is 0.310 e. The first-order valence-corrected chi connectivity index (χ1v) is 8.93. The number of anilines is 1. The third kappa shape index (κ3) is 5.80. The molecule has 0 saturated carbocycles. The van der Waals surface area contributed by atoms with E-state index in [1.807, 2.05) is 6.92 Å². The highest BCUT2D eigenvalue weighted by atomic mass is 127. The van der Waals surface area contributed by atoms with Gasteiger partial charge in [-0.25, -0.2) is 0 Å². The Hall–Kier alpha value is -1.03. The van der Waals surface area contributed by atoms with Crippen LogP contribution in [0.5, 0.6) is 0 Å². The van der Waals surface area contributed by atoms with Crippen LogP contribution in [0.2, 0.25) is 0 Å². The van der Waals surface area contributed by atoms with Crippen LogP contribution < -0.4 is 10.2 Å². The maximum absolute atomic E-state index is 11.5. The molecule has 1 fully saturated rings. The van der Waals surface area contributed by atoms with Crippen LogP contribution in [-0.4, -0.2) is 63.2 Å². The first-order valence-electron chi connectivity index (χ1n) is 8.05. The Labute approximate surface area is 165 Å². The fourth-order valence-electron chi connectivity index (χ4n) is 2.51. The summed E-state index contributed by atoms with van der Waals surface area (Å²) >= 11 is 1.78. The van der Waals surface area contributed by atoms with E-state index in [9.17, 15) is 4.79 Å². The first-order chi connectivity index (χ1) is 11.2. The number of carbonyl (C=O) groups is 1. The molecule has 8 heteroatoms. The molecule has 6 nitrogen and oxygen atoms in total. The number of nitrogens with zero attached hydrogens (tertiary/aromatic N) is 3. The maximum atomic E-state index is 11.5. The van der Waals surface area contributed by atoms with Crippen LogP contribution in [-0.2, 0) is 9.53 Å². The predicted molar refractivity (Wildman–Crippen MR) is 111 cm³/mol. The monoisotopic (exact) mass is 466 g/mol. The highest BCUT2D eigenvalue weighted by Gasteiger charge is 2.21. The quantitative estimate of drug-likeness (QED) is 0.312. The molecule has 24 heavy (non-hydrogen) atoms. The number of nitrogens with one attached hydrogen (secondary N) is 1. The molecule has 0 spiro atoms. The zero-order valence-corrected chi connectivity index (χ0v) is 17.7. The van der Waals surface area contributed by atoms with E-state index in [1.54, 1.807) is 11.3 Å². The van der Waals surface area contributed by atoms with E-state index < -0.39 is 0 Å². The average molecular weight is 466 g/mol. The van der Waals surface area contributed by atoms with Crippen LogP contribution in [0.25, 0.3) is 0 Å². The molecule has 0 radical (unpaired) electrons. The number of aliphatic imine (C=N–C) groups is 1. The summed E-state index contributed by atoms with van der Waals surface area (Å²) in [5.74, 6) is 0.447. The Bertz CT molecular complexity index is 516. The van der Waals surface area contributed by atoms with Crippen LogP contribution in [0, 0.1) is 5.92 Å². The van der Waals surface area contributed by atoms with Gasteiger partial charge in [0.05, 0.1) is 24.6 Å². The number of halogens is 1. The van der Waals surface area contributed by atoms with Crippen molar-refractivity contribution in [2.45, 2.75) is 13.8 Å². The Morgan fingerprint density at radius 2 is 2.12 bits per heavy atom. The molecule has 1 N–H and O–H groups in total. The number of esters is 1. The van der Waals surface area contributed by atoms with Crippen molar-refractivity contribution in [2.24, 2.45) is 10.9 Å². The van der Waals surface area contributed by atoms with Gasteiger partial charge in [0.15, 0.2) is 5.96 Å². The SMILES string of the molecule is CCNC(=NCC(C)C(=O)OC)N1CCN(c2cccs2)CC1.I. The van der Waals surface area contributed by atoms with Crippen molar-refractivity contribution < 1.29 is 9.53 Å². The predicted octanol–water partition coefficient (Wildman–Crippen LogP) is 2.26. The van der Waals surface area contributed by atoms with E-state index >= 15 is 0 Å². The summed E-state index contributed by atoms with van der Waals surface area (Å²) in [6.07, 6.45) is 0. The van der Waals surface area contributed by atoms with Gasteiger partial charge in [0, 0.05) is 32.7 Å². The van der Waals surface area contributed by atoms with Gasteiger partial charge in [0.2, 0.25) is 0 Å². The van der Waals surface area contributed by atoms with E-state index in [1.165, 1.54) is 12.1 Å². The topological polar surface area (TPSA) is 57.2 Å². The first kappa shape index (κ1) is 21.0. The van der Waals surface area contributed by atoms with Gasteiger partial charge in [-0.05, 0) is 24.4 Å². The second-order valence-electron chi connectivity index (χ2n) is 5.54. The van der Waals surface area contributed by atoms with E-state index in [4.69, 9.17) is 4.74 Å². The Morgan fingerprint density at radius 1 is 1.42 bits per heavy atom. The lowest BCUT2D eigenvalue weighted by Crippen LogP contribution is -2.52. The van der Waals surface area contributed by atoms with Crippen LogP contribution in [0.15, 0.2) is 22.5 Å². The van der Waals surface area contributed by atoms with Gasteiger partial charge in [-0.3, -0.25) is 9.79 Å². The number of thiophene rings is 1. The number of hydrogen-bond acceptors (Lipinski definition) is 5. The minimum absolute atomic E-state index is 0. The van der Waals surface area contributed by atoms with E-state index in [0.717, 1.165) is 38.7 Å². The maximum Gasteiger partial charge on any atom is 0.310 e.